The maximum Gasteiger partial charge on any atom is 0.422 e. The minimum Gasteiger partial charge on any atom is -0.477 e. The number of alkyl halides is 3. The van der Waals surface area contributed by atoms with Crippen molar-refractivity contribution >= 4 is 17.9 Å². The molecule has 1 rings (SSSR count). The molecular weight excluding hydrogens is 257 g/mol. The number of aromatic carboxylic acids is 1. The van der Waals surface area contributed by atoms with Gasteiger partial charge in [0, 0.05) is 0 Å². The first-order valence-corrected chi connectivity index (χ1v) is 4.49. The van der Waals surface area contributed by atoms with Crippen LogP contribution in [-0.4, -0.2) is 34.9 Å². The van der Waals surface area contributed by atoms with E-state index in [4.69, 9.17) is 5.11 Å². The van der Waals surface area contributed by atoms with Crippen LogP contribution < -0.4 is 5.32 Å². The van der Waals surface area contributed by atoms with Gasteiger partial charge in [0.05, 0.1) is 0 Å². The molecule has 0 atom stereocenters. The molecule has 9 heteroatoms. The number of pyridine rings is 1. The number of amides is 1. The molecule has 0 fully saturated rings. The van der Waals surface area contributed by atoms with Crippen LogP contribution in [0.5, 0.6) is 0 Å². The molecule has 0 radical (unpaired) electrons. The summed E-state index contributed by atoms with van der Waals surface area (Å²) in [4.78, 5) is 24.9. The molecule has 1 aromatic heterocycles. The smallest absolute Gasteiger partial charge is 0.422 e. The molecule has 0 aromatic carbocycles. The van der Waals surface area contributed by atoms with E-state index in [9.17, 15) is 22.8 Å². The molecule has 18 heavy (non-hydrogen) atoms. The van der Waals surface area contributed by atoms with Gasteiger partial charge in [-0.05, 0) is 12.1 Å². The number of ether oxygens (including phenoxy) is 1. The minimum atomic E-state index is -4.63. The van der Waals surface area contributed by atoms with Gasteiger partial charge in [-0.15, -0.1) is 0 Å². The van der Waals surface area contributed by atoms with Crippen molar-refractivity contribution in [3.05, 3.63) is 23.9 Å². The van der Waals surface area contributed by atoms with Crippen molar-refractivity contribution < 1.29 is 32.6 Å². The Morgan fingerprint density at radius 2 is 2.06 bits per heavy atom. The molecule has 0 aliphatic heterocycles. The Balaban J connectivity index is 2.59. The summed E-state index contributed by atoms with van der Waals surface area (Å²) in [6, 6.07) is 3.64. The average molecular weight is 264 g/mol. The molecule has 2 N–H and O–H groups in total. The lowest BCUT2D eigenvalue weighted by molar-refractivity contribution is -0.159. The van der Waals surface area contributed by atoms with E-state index in [2.05, 4.69) is 9.72 Å². The summed E-state index contributed by atoms with van der Waals surface area (Å²) in [6.45, 7) is -1.74. The SMILES string of the molecule is O=C(Nc1cccc(C(=O)O)n1)OCC(F)(F)F. The van der Waals surface area contributed by atoms with E-state index in [1.165, 1.54) is 12.1 Å². The second-order valence-corrected chi connectivity index (χ2v) is 3.03. The Kier molecular flexibility index (Phi) is 4.08. The number of halogens is 3. The second-order valence-electron chi connectivity index (χ2n) is 3.03. The summed E-state index contributed by atoms with van der Waals surface area (Å²) >= 11 is 0. The number of carboxylic acids is 1. The quantitative estimate of drug-likeness (QED) is 0.870. The highest BCUT2D eigenvalue weighted by Crippen LogP contribution is 2.15. The topological polar surface area (TPSA) is 88.5 Å². The molecule has 0 saturated heterocycles. The Hall–Kier alpha value is -2.32. The third-order valence-corrected chi connectivity index (χ3v) is 1.57. The van der Waals surface area contributed by atoms with Gasteiger partial charge in [0.1, 0.15) is 5.82 Å². The minimum absolute atomic E-state index is 0.220. The number of aromatic nitrogens is 1. The van der Waals surface area contributed by atoms with Crippen molar-refractivity contribution in [1.29, 1.82) is 0 Å². The fourth-order valence-electron chi connectivity index (χ4n) is 0.911. The number of anilines is 1. The van der Waals surface area contributed by atoms with Gasteiger partial charge in [-0.25, -0.2) is 14.6 Å². The van der Waals surface area contributed by atoms with Crippen LogP contribution >= 0.6 is 0 Å². The van der Waals surface area contributed by atoms with Crippen molar-refractivity contribution in [1.82, 2.24) is 4.98 Å². The summed E-state index contributed by atoms with van der Waals surface area (Å²) in [5, 5.41) is 10.5. The molecule has 98 valence electrons. The first-order chi connectivity index (χ1) is 8.28. The normalized spacial score (nSPS) is 10.8. The van der Waals surface area contributed by atoms with Crippen molar-refractivity contribution in [3.63, 3.8) is 0 Å². The standard InChI is InChI=1S/C9H7F3N2O4/c10-9(11,12)4-18-8(17)14-6-3-1-2-5(13-6)7(15)16/h1-3H,4H2,(H,15,16)(H,13,14,17). The van der Waals surface area contributed by atoms with E-state index in [-0.39, 0.29) is 11.5 Å². The van der Waals surface area contributed by atoms with Crippen molar-refractivity contribution in [2.75, 3.05) is 11.9 Å². The monoisotopic (exact) mass is 264 g/mol. The van der Waals surface area contributed by atoms with E-state index in [0.717, 1.165) is 6.07 Å². The molecule has 6 nitrogen and oxygen atoms in total. The summed E-state index contributed by atoms with van der Waals surface area (Å²) in [7, 11) is 0. The van der Waals surface area contributed by atoms with E-state index in [1.54, 1.807) is 0 Å². The zero-order valence-electron chi connectivity index (χ0n) is 8.69. The van der Waals surface area contributed by atoms with Crippen LogP contribution in [0.2, 0.25) is 0 Å². The van der Waals surface area contributed by atoms with E-state index in [1.807, 2.05) is 5.32 Å². The van der Waals surface area contributed by atoms with Crippen LogP contribution in [0.25, 0.3) is 0 Å². The summed E-state index contributed by atoms with van der Waals surface area (Å²) in [5.41, 5.74) is -0.358. The predicted octanol–water partition coefficient (Wildman–Crippen LogP) is 1.89. The number of nitrogens with one attached hydrogen (secondary N) is 1. The predicted molar refractivity (Wildman–Crippen MR) is 52.2 cm³/mol. The molecule has 1 aromatic rings. The van der Waals surface area contributed by atoms with Crippen LogP contribution in [0, 0.1) is 0 Å². The Labute approximate surface area is 98.4 Å². The van der Waals surface area contributed by atoms with Crippen LogP contribution in [0.4, 0.5) is 23.8 Å². The van der Waals surface area contributed by atoms with E-state index < -0.39 is 24.8 Å². The summed E-state index contributed by atoms with van der Waals surface area (Å²) in [5.74, 6) is -1.55. The second kappa shape index (κ2) is 5.34. The molecule has 0 unspecified atom stereocenters. The van der Waals surface area contributed by atoms with Crippen molar-refractivity contribution in [2.24, 2.45) is 0 Å². The van der Waals surface area contributed by atoms with Gasteiger partial charge in [0.2, 0.25) is 0 Å². The number of carboxylic acid groups (broad SMARTS) is 1. The molecule has 0 aliphatic carbocycles. The Bertz CT molecular complexity index is 461. The maximum absolute atomic E-state index is 11.7. The lowest BCUT2D eigenvalue weighted by Gasteiger charge is -2.08. The molecule has 0 spiro atoms. The fraction of sp³-hybridized carbons (Fsp3) is 0.222. The summed E-state index contributed by atoms with van der Waals surface area (Å²) < 4.78 is 39.0. The van der Waals surface area contributed by atoms with Crippen LogP contribution in [0.1, 0.15) is 10.5 Å². The molecule has 0 saturated carbocycles. The molecule has 1 heterocycles. The third kappa shape index (κ3) is 4.68. The molecular formula is C9H7F3N2O4. The van der Waals surface area contributed by atoms with Gasteiger partial charge < -0.3 is 9.84 Å². The van der Waals surface area contributed by atoms with E-state index >= 15 is 0 Å². The van der Waals surface area contributed by atoms with Crippen molar-refractivity contribution in [3.8, 4) is 0 Å². The number of hydrogen-bond donors (Lipinski definition) is 2. The highest BCUT2D eigenvalue weighted by atomic mass is 19.4. The Morgan fingerprint density at radius 3 is 2.61 bits per heavy atom. The van der Waals surface area contributed by atoms with Crippen LogP contribution in [0.3, 0.4) is 0 Å². The molecule has 0 aliphatic rings. The zero-order chi connectivity index (χ0) is 13.8. The van der Waals surface area contributed by atoms with Gasteiger partial charge in [0.15, 0.2) is 12.3 Å². The first kappa shape index (κ1) is 13.7. The first-order valence-electron chi connectivity index (χ1n) is 4.49. The highest BCUT2D eigenvalue weighted by molar-refractivity contribution is 5.87. The van der Waals surface area contributed by atoms with Gasteiger partial charge in [0.25, 0.3) is 0 Å². The van der Waals surface area contributed by atoms with Gasteiger partial charge in [-0.2, -0.15) is 13.2 Å². The van der Waals surface area contributed by atoms with Gasteiger partial charge in [-0.1, -0.05) is 6.07 Å². The number of carbonyl (C=O) groups excluding carboxylic acids is 1. The zero-order valence-corrected chi connectivity index (χ0v) is 8.69. The van der Waals surface area contributed by atoms with Crippen LogP contribution in [-0.2, 0) is 4.74 Å². The number of rotatable bonds is 3. The van der Waals surface area contributed by atoms with Crippen LogP contribution in [0.15, 0.2) is 18.2 Å². The number of hydrogen-bond acceptors (Lipinski definition) is 4. The molecule has 0 bridgehead atoms. The maximum atomic E-state index is 11.7. The Morgan fingerprint density at radius 1 is 1.39 bits per heavy atom. The van der Waals surface area contributed by atoms with Crippen molar-refractivity contribution in [2.45, 2.75) is 6.18 Å². The third-order valence-electron chi connectivity index (χ3n) is 1.57. The number of nitrogens with zero attached hydrogens (tertiary/aromatic N) is 1. The highest BCUT2D eigenvalue weighted by Gasteiger charge is 2.29. The largest absolute Gasteiger partial charge is 0.477 e. The fourth-order valence-corrected chi connectivity index (χ4v) is 0.911. The molecule has 1 amide bonds. The van der Waals surface area contributed by atoms with E-state index in [0.29, 0.717) is 0 Å². The lowest BCUT2D eigenvalue weighted by atomic mass is 10.3. The lowest BCUT2D eigenvalue weighted by Crippen LogP contribution is -2.23. The summed E-state index contributed by atoms with van der Waals surface area (Å²) in [6.07, 6.45) is -6.00. The van der Waals surface area contributed by atoms with Gasteiger partial charge in [-0.3, -0.25) is 5.32 Å². The average Bonchev–Trinajstić information content (AvgIpc) is 2.26. The van der Waals surface area contributed by atoms with Gasteiger partial charge >= 0.3 is 18.2 Å². The number of carbonyl (C=O) groups is 2.